The minimum Gasteiger partial charge on any atom is -0.465 e. The first-order valence-electron chi connectivity index (χ1n) is 5.42. The van der Waals surface area contributed by atoms with Crippen molar-refractivity contribution >= 4 is 0 Å². The summed E-state index contributed by atoms with van der Waals surface area (Å²) < 4.78 is 22.1. The molecule has 0 saturated carbocycles. The molecule has 0 amide bonds. The molecule has 2 heterocycles. The molecular weight excluding hydrogens is 208 g/mol. The minimum absolute atomic E-state index is 0.460. The van der Waals surface area contributed by atoms with Crippen LogP contribution >= 0.6 is 0 Å². The minimum atomic E-state index is -0.600. The highest BCUT2D eigenvalue weighted by molar-refractivity contribution is 4.95. The Morgan fingerprint density at radius 1 is 0.938 bits per heavy atom. The molecule has 2 fully saturated rings. The van der Waals surface area contributed by atoms with Crippen molar-refractivity contribution in [2.24, 2.45) is 0 Å². The van der Waals surface area contributed by atoms with Gasteiger partial charge in [0, 0.05) is 26.7 Å². The summed E-state index contributed by atoms with van der Waals surface area (Å²) in [5.74, 6) is 0.142. The molecule has 0 aromatic rings. The first-order valence-corrected chi connectivity index (χ1v) is 5.42. The molecule has 0 aliphatic carbocycles. The quantitative estimate of drug-likeness (QED) is 0.740. The maximum Gasteiger partial charge on any atom is 0.207 e. The average molecular weight is 226 g/mol. The number of ether oxygens (including phenoxy) is 4. The fourth-order valence-corrected chi connectivity index (χ4v) is 1.90. The second-order valence-electron chi connectivity index (χ2n) is 4.63. The predicted molar refractivity (Wildman–Crippen MR) is 58.4 cm³/mol. The summed E-state index contributed by atoms with van der Waals surface area (Å²) in [4.78, 5) is 0. The molecule has 16 heavy (non-hydrogen) atoms. The summed E-state index contributed by atoms with van der Waals surface area (Å²) in [5.41, 5.74) is 0. The zero-order valence-corrected chi connectivity index (χ0v) is 9.88. The van der Waals surface area contributed by atoms with Gasteiger partial charge in [0.25, 0.3) is 0 Å². The van der Waals surface area contributed by atoms with Crippen LogP contribution in [-0.2, 0) is 18.9 Å². The van der Waals surface area contributed by atoms with Gasteiger partial charge in [0.15, 0.2) is 0 Å². The molecule has 4 nitrogen and oxygen atoms in total. The van der Waals surface area contributed by atoms with Crippen molar-refractivity contribution in [2.45, 2.75) is 38.3 Å². The highest BCUT2D eigenvalue weighted by Crippen LogP contribution is 2.35. The van der Waals surface area contributed by atoms with E-state index in [4.69, 9.17) is 18.9 Å². The Kier molecular flexibility index (Phi) is 2.72. The van der Waals surface area contributed by atoms with Crippen LogP contribution in [0.4, 0.5) is 0 Å². The van der Waals surface area contributed by atoms with Gasteiger partial charge in [-0.3, -0.25) is 0 Å². The van der Waals surface area contributed by atoms with Crippen molar-refractivity contribution in [1.82, 2.24) is 0 Å². The third kappa shape index (κ3) is 2.39. The van der Waals surface area contributed by atoms with Crippen LogP contribution < -0.4 is 0 Å². The molecule has 0 aromatic heterocycles. The van der Waals surface area contributed by atoms with Gasteiger partial charge in [-0.1, -0.05) is 13.2 Å². The van der Waals surface area contributed by atoms with Crippen LogP contribution in [-0.4, -0.2) is 24.8 Å². The van der Waals surface area contributed by atoms with Crippen molar-refractivity contribution in [2.75, 3.05) is 13.2 Å². The second-order valence-corrected chi connectivity index (χ2v) is 4.63. The standard InChI is InChI=1S/C12H18O4/c1-9-7-13-11(3,15-9)5-6-12(4)14-8-10(2)16-12/h1-2,5-8H2,3-4H3. The Bertz CT molecular complexity index is 293. The molecule has 0 spiro atoms. The maximum atomic E-state index is 5.53. The van der Waals surface area contributed by atoms with Gasteiger partial charge in [0.2, 0.25) is 11.6 Å². The summed E-state index contributed by atoms with van der Waals surface area (Å²) in [7, 11) is 0. The Hall–Kier alpha value is -1.00. The third-order valence-corrected chi connectivity index (χ3v) is 2.83. The molecule has 4 heteroatoms. The summed E-state index contributed by atoms with van der Waals surface area (Å²) in [6.45, 7) is 12.2. The molecule has 0 N–H and O–H groups in total. The molecule has 0 bridgehead atoms. The van der Waals surface area contributed by atoms with Gasteiger partial charge in [-0.25, -0.2) is 0 Å². The summed E-state index contributed by atoms with van der Waals surface area (Å²) in [5, 5.41) is 0. The van der Waals surface area contributed by atoms with Crippen LogP contribution in [0, 0.1) is 0 Å². The number of rotatable bonds is 3. The normalized spacial score (nSPS) is 38.6. The van der Waals surface area contributed by atoms with Gasteiger partial charge in [-0.2, -0.15) is 0 Å². The Balaban J connectivity index is 1.87. The van der Waals surface area contributed by atoms with Crippen molar-refractivity contribution in [3.8, 4) is 0 Å². The van der Waals surface area contributed by atoms with E-state index in [0.29, 0.717) is 37.6 Å². The molecule has 2 rings (SSSR count). The fraction of sp³-hybridized carbons (Fsp3) is 0.667. The van der Waals surface area contributed by atoms with Gasteiger partial charge in [-0.05, 0) is 0 Å². The van der Waals surface area contributed by atoms with Crippen LogP contribution in [0.2, 0.25) is 0 Å². The molecule has 2 unspecified atom stereocenters. The highest BCUT2D eigenvalue weighted by Gasteiger charge is 2.40. The van der Waals surface area contributed by atoms with Crippen LogP contribution in [0.25, 0.3) is 0 Å². The lowest BCUT2D eigenvalue weighted by Gasteiger charge is -2.28. The summed E-state index contributed by atoms with van der Waals surface area (Å²) >= 11 is 0. The fourth-order valence-electron chi connectivity index (χ4n) is 1.90. The van der Waals surface area contributed by atoms with E-state index < -0.39 is 11.6 Å². The van der Waals surface area contributed by atoms with Crippen molar-refractivity contribution in [3.63, 3.8) is 0 Å². The van der Waals surface area contributed by atoms with Gasteiger partial charge >= 0.3 is 0 Å². The zero-order valence-electron chi connectivity index (χ0n) is 9.88. The molecule has 0 aromatic carbocycles. The lowest BCUT2D eigenvalue weighted by atomic mass is 10.1. The zero-order chi connectivity index (χ0) is 11.8. The van der Waals surface area contributed by atoms with Crippen LogP contribution in [0.1, 0.15) is 26.7 Å². The first-order chi connectivity index (χ1) is 7.41. The topological polar surface area (TPSA) is 36.9 Å². The summed E-state index contributed by atoms with van der Waals surface area (Å²) in [6, 6.07) is 0. The second kappa shape index (κ2) is 3.79. The molecule has 0 radical (unpaired) electrons. The highest BCUT2D eigenvalue weighted by atomic mass is 16.7. The van der Waals surface area contributed by atoms with E-state index in [1.165, 1.54) is 0 Å². The van der Waals surface area contributed by atoms with E-state index in [1.807, 2.05) is 13.8 Å². The summed E-state index contributed by atoms with van der Waals surface area (Å²) in [6.07, 6.45) is 1.38. The van der Waals surface area contributed by atoms with E-state index in [9.17, 15) is 0 Å². The molecule has 2 saturated heterocycles. The number of hydrogen-bond acceptors (Lipinski definition) is 4. The van der Waals surface area contributed by atoms with Crippen LogP contribution in [0.5, 0.6) is 0 Å². The van der Waals surface area contributed by atoms with Gasteiger partial charge in [0.1, 0.15) is 24.7 Å². The Labute approximate surface area is 95.8 Å². The molecule has 2 aliphatic heterocycles. The Morgan fingerprint density at radius 3 is 1.56 bits per heavy atom. The average Bonchev–Trinajstić information content (AvgIpc) is 2.70. The van der Waals surface area contributed by atoms with E-state index in [2.05, 4.69) is 13.2 Å². The predicted octanol–water partition coefficient (Wildman–Crippen LogP) is 2.32. The largest absolute Gasteiger partial charge is 0.465 e. The van der Waals surface area contributed by atoms with Crippen LogP contribution in [0.3, 0.4) is 0 Å². The van der Waals surface area contributed by atoms with E-state index >= 15 is 0 Å². The first kappa shape index (κ1) is 11.5. The third-order valence-electron chi connectivity index (χ3n) is 2.83. The monoisotopic (exact) mass is 226 g/mol. The molecule has 2 atom stereocenters. The molecular formula is C12H18O4. The van der Waals surface area contributed by atoms with Gasteiger partial charge < -0.3 is 18.9 Å². The maximum absolute atomic E-state index is 5.53. The lowest BCUT2D eigenvalue weighted by molar-refractivity contribution is -0.181. The SMILES string of the molecule is C=C1COC(C)(CCC2(C)OCC(=C)O2)O1. The van der Waals surface area contributed by atoms with Gasteiger partial charge in [0.05, 0.1) is 0 Å². The lowest BCUT2D eigenvalue weighted by Crippen LogP contribution is -2.32. The Morgan fingerprint density at radius 2 is 1.31 bits per heavy atom. The van der Waals surface area contributed by atoms with E-state index in [1.54, 1.807) is 0 Å². The van der Waals surface area contributed by atoms with Crippen molar-refractivity contribution in [3.05, 3.63) is 24.7 Å². The van der Waals surface area contributed by atoms with Crippen molar-refractivity contribution in [1.29, 1.82) is 0 Å². The van der Waals surface area contributed by atoms with Gasteiger partial charge in [-0.15, -0.1) is 0 Å². The van der Waals surface area contributed by atoms with E-state index in [0.717, 1.165) is 0 Å². The smallest absolute Gasteiger partial charge is 0.207 e. The molecule has 90 valence electrons. The van der Waals surface area contributed by atoms with Crippen LogP contribution in [0.15, 0.2) is 24.7 Å². The van der Waals surface area contributed by atoms with Crippen molar-refractivity contribution < 1.29 is 18.9 Å². The number of hydrogen-bond donors (Lipinski definition) is 0. The van der Waals surface area contributed by atoms with E-state index in [-0.39, 0.29) is 0 Å². The molecule has 2 aliphatic rings.